The quantitative estimate of drug-likeness (QED) is 0.327. The molecule has 4 rings (SSSR count). The van der Waals surface area contributed by atoms with E-state index in [9.17, 15) is 14.0 Å². The van der Waals surface area contributed by atoms with E-state index in [4.69, 9.17) is 0 Å². The molecule has 3 heterocycles. The van der Waals surface area contributed by atoms with Gasteiger partial charge in [0.2, 0.25) is 5.91 Å². The molecule has 4 aromatic rings. The molecule has 1 N–H and O–H groups in total. The van der Waals surface area contributed by atoms with Crippen molar-refractivity contribution in [2.24, 2.45) is 0 Å². The Morgan fingerprint density at radius 3 is 2.81 bits per heavy atom. The van der Waals surface area contributed by atoms with Crippen LogP contribution in [-0.4, -0.2) is 47.5 Å². The molecule has 31 heavy (non-hydrogen) atoms. The van der Waals surface area contributed by atoms with E-state index in [-0.39, 0.29) is 29.6 Å². The molecule has 0 saturated heterocycles. The third-order valence-electron chi connectivity index (χ3n) is 4.38. The fourth-order valence-electron chi connectivity index (χ4n) is 2.95. The van der Waals surface area contributed by atoms with Gasteiger partial charge < -0.3 is 5.32 Å². The van der Waals surface area contributed by atoms with Gasteiger partial charge >= 0.3 is 0 Å². The molecule has 158 valence electrons. The summed E-state index contributed by atoms with van der Waals surface area (Å²) in [5, 5.41) is 7.91. The van der Waals surface area contributed by atoms with Gasteiger partial charge in [-0.2, -0.15) is 5.10 Å². The van der Waals surface area contributed by atoms with Crippen LogP contribution in [0.25, 0.3) is 11.0 Å². The number of carbonyl (C=O) groups is 1. The maximum Gasteiger partial charge on any atom is 0.264 e. The number of thioether (sulfide) groups is 1. The number of amides is 1. The Bertz CT molecular complexity index is 1260. The lowest BCUT2D eigenvalue weighted by molar-refractivity contribution is -0.118. The third-order valence-corrected chi connectivity index (χ3v) is 5.26. The van der Waals surface area contributed by atoms with Crippen LogP contribution in [0.2, 0.25) is 0 Å². The van der Waals surface area contributed by atoms with E-state index < -0.39 is 0 Å². The number of hydrogen-bond acceptors (Lipinski definition) is 7. The topological polar surface area (TPSA) is 108 Å². The van der Waals surface area contributed by atoms with Crippen molar-refractivity contribution in [1.82, 2.24) is 34.6 Å². The maximum atomic E-state index is 13.4. The van der Waals surface area contributed by atoms with Crippen LogP contribution in [0.5, 0.6) is 0 Å². The second-order valence-electron chi connectivity index (χ2n) is 6.58. The summed E-state index contributed by atoms with van der Waals surface area (Å²) in [5.74, 6) is -0.309. The Morgan fingerprint density at radius 1 is 1.16 bits per heavy atom. The summed E-state index contributed by atoms with van der Waals surface area (Å²) in [7, 11) is 0. The SMILES string of the molecule is O=C(CSc1ncccn1)NCCn1ncc2c(=O)n(Cc3cccc(F)c3)cnc21. The van der Waals surface area contributed by atoms with Gasteiger partial charge in [0.25, 0.3) is 5.56 Å². The Hall–Kier alpha value is -3.60. The second-order valence-corrected chi connectivity index (χ2v) is 7.53. The Kier molecular flexibility index (Phi) is 6.32. The molecule has 0 aliphatic carbocycles. The highest BCUT2D eigenvalue weighted by atomic mass is 32.2. The standard InChI is InChI=1S/C20H18FN7O2S/c21-15-4-1-3-14(9-15)11-27-13-25-18-16(19(27)30)10-26-28(18)8-7-22-17(29)12-31-20-23-5-2-6-24-20/h1-6,9-10,13H,7-8,11-12H2,(H,22,29). The van der Waals surface area contributed by atoms with Gasteiger partial charge in [-0.3, -0.25) is 14.2 Å². The van der Waals surface area contributed by atoms with Crippen molar-refractivity contribution in [2.75, 3.05) is 12.3 Å². The molecule has 0 bridgehead atoms. The van der Waals surface area contributed by atoms with E-state index in [1.54, 1.807) is 35.3 Å². The predicted octanol–water partition coefficient (Wildman–Crippen LogP) is 1.48. The molecule has 9 nitrogen and oxygen atoms in total. The first-order valence-electron chi connectivity index (χ1n) is 9.42. The van der Waals surface area contributed by atoms with Crippen molar-refractivity contribution in [3.05, 3.63) is 77.0 Å². The molecule has 0 spiro atoms. The Labute approximate surface area is 180 Å². The Morgan fingerprint density at radius 2 is 2.00 bits per heavy atom. The van der Waals surface area contributed by atoms with Crippen LogP contribution in [0.4, 0.5) is 4.39 Å². The lowest BCUT2D eigenvalue weighted by atomic mass is 10.2. The molecule has 1 amide bonds. The number of hydrogen-bond donors (Lipinski definition) is 1. The first-order chi connectivity index (χ1) is 15.1. The molecule has 0 fully saturated rings. The van der Waals surface area contributed by atoms with Crippen molar-refractivity contribution >= 4 is 28.7 Å². The smallest absolute Gasteiger partial charge is 0.264 e. The fourth-order valence-corrected chi connectivity index (χ4v) is 3.58. The summed E-state index contributed by atoms with van der Waals surface area (Å²) >= 11 is 1.25. The minimum atomic E-state index is -0.357. The average Bonchev–Trinajstić information content (AvgIpc) is 3.19. The van der Waals surface area contributed by atoms with Gasteiger partial charge in [0.15, 0.2) is 10.8 Å². The molecule has 0 saturated carbocycles. The van der Waals surface area contributed by atoms with Gasteiger partial charge in [-0.1, -0.05) is 23.9 Å². The molecule has 0 aliphatic rings. The monoisotopic (exact) mass is 439 g/mol. The summed E-state index contributed by atoms with van der Waals surface area (Å²) in [6.45, 7) is 0.908. The molecule has 11 heteroatoms. The largest absolute Gasteiger partial charge is 0.354 e. The lowest BCUT2D eigenvalue weighted by Crippen LogP contribution is -2.29. The molecule has 0 radical (unpaired) electrons. The van der Waals surface area contributed by atoms with Crippen LogP contribution in [0, 0.1) is 5.82 Å². The lowest BCUT2D eigenvalue weighted by Gasteiger charge is -2.07. The van der Waals surface area contributed by atoms with Gasteiger partial charge in [-0.05, 0) is 23.8 Å². The van der Waals surface area contributed by atoms with Crippen molar-refractivity contribution in [2.45, 2.75) is 18.2 Å². The first-order valence-corrected chi connectivity index (χ1v) is 10.4. The number of rotatable bonds is 8. The minimum Gasteiger partial charge on any atom is -0.354 e. The maximum absolute atomic E-state index is 13.4. The van der Waals surface area contributed by atoms with Crippen LogP contribution < -0.4 is 10.9 Å². The molecule has 3 aromatic heterocycles. The van der Waals surface area contributed by atoms with E-state index >= 15 is 0 Å². The van der Waals surface area contributed by atoms with Crippen molar-refractivity contribution in [3.63, 3.8) is 0 Å². The minimum absolute atomic E-state index is 0.153. The van der Waals surface area contributed by atoms with Crippen molar-refractivity contribution in [3.8, 4) is 0 Å². The van der Waals surface area contributed by atoms with Gasteiger partial charge in [-0.25, -0.2) is 24.0 Å². The van der Waals surface area contributed by atoms with Crippen LogP contribution in [0.15, 0.2) is 65.2 Å². The van der Waals surface area contributed by atoms with E-state index in [2.05, 4.69) is 25.4 Å². The number of nitrogens with zero attached hydrogens (tertiary/aromatic N) is 6. The van der Waals surface area contributed by atoms with Crippen LogP contribution in [0.1, 0.15) is 5.56 Å². The number of benzene rings is 1. The summed E-state index contributed by atoms with van der Waals surface area (Å²) < 4.78 is 16.4. The molecular weight excluding hydrogens is 421 g/mol. The summed E-state index contributed by atoms with van der Waals surface area (Å²) in [5.41, 5.74) is 0.836. The molecule has 1 aromatic carbocycles. The van der Waals surface area contributed by atoms with Gasteiger partial charge in [-0.15, -0.1) is 0 Å². The van der Waals surface area contributed by atoms with Crippen molar-refractivity contribution < 1.29 is 9.18 Å². The van der Waals surface area contributed by atoms with E-state index in [1.807, 2.05) is 0 Å². The summed E-state index contributed by atoms with van der Waals surface area (Å²) in [6, 6.07) is 7.78. The average molecular weight is 439 g/mol. The first kappa shape index (κ1) is 20.7. The number of fused-ring (bicyclic) bond motifs is 1. The van der Waals surface area contributed by atoms with E-state index in [0.29, 0.717) is 34.8 Å². The number of aromatic nitrogens is 6. The number of halogens is 1. The van der Waals surface area contributed by atoms with E-state index in [1.165, 1.54) is 41.0 Å². The zero-order chi connectivity index (χ0) is 21.6. The molecule has 0 unspecified atom stereocenters. The predicted molar refractivity (Wildman–Crippen MR) is 113 cm³/mol. The highest BCUT2D eigenvalue weighted by Crippen LogP contribution is 2.10. The molecule has 0 aliphatic heterocycles. The van der Waals surface area contributed by atoms with Crippen LogP contribution in [-0.2, 0) is 17.9 Å². The number of nitrogens with one attached hydrogen (secondary N) is 1. The zero-order valence-corrected chi connectivity index (χ0v) is 17.1. The van der Waals surface area contributed by atoms with Gasteiger partial charge in [0.05, 0.1) is 25.0 Å². The molecule has 0 atom stereocenters. The highest BCUT2D eigenvalue weighted by molar-refractivity contribution is 7.99. The normalized spacial score (nSPS) is 11.0. The highest BCUT2D eigenvalue weighted by Gasteiger charge is 2.11. The molecular formula is C20H18FN7O2S. The summed E-state index contributed by atoms with van der Waals surface area (Å²) in [6.07, 6.45) is 6.12. The summed E-state index contributed by atoms with van der Waals surface area (Å²) in [4.78, 5) is 37.1. The Balaban J connectivity index is 1.36. The van der Waals surface area contributed by atoms with Crippen LogP contribution >= 0.6 is 11.8 Å². The van der Waals surface area contributed by atoms with Gasteiger partial charge in [0.1, 0.15) is 17.5 Å². The van der Waals surface area contributed by atoms with Gasteiger partial charge in [0, 0.05) is 18.9 Å². The second kappa shape index (κ2) is 9.47. The van der Waals surface area contributed by atoms with Crippen molar-refractivity contribution in [1.29, 1.82) is 0 Å². The number of carbonyl (C=O) groups excluding carboxylic acids is 1. The van der Waals surface area contributed by atoms with Crippen LogP contribution in [0.3, 0.4) is 0 Å². The third kappa shape index (κ3) is 5.12. The van der Waals surface area contributed by atoms with E-state index in [0.717, 1.165) is 0 Å². The zero-order valence-electron chi connectivity index (χ0n) is 16.3. The fraction of sp³-hybridized carbons (Fsp3) is 0.200.